The Morgan fingerprint density at radius 2 is 1.30 bits per heavy atom. The number of carbonyl (C=O) groups excluding carboxylic acids is 1. The van der Waals surface area contributed by atoms with E-state index in [0.717, 1.165) is 25.7 Å². The molecule has 0 heterocycles. The summed E-state index contributed by atoms with van der Waals surface area (Å²) in [6, 6.07) is 0. The van der Waals surface area contributed by atoms with Gasteiger partial charge >= 0.3 is 5.97 Å². The molecule has 0 unspecified atom stereocenters. The zero-order valence-corrected chi connectivity index (χ0v) is 13.7. The van der Waals surface area contributed by atoms with Crippen molar-refractivity contribution in [1.29, 1.82) is 0 Å². The largest absolute Gasteiger partial charge is 0.462 e. The van der Waals surface area contributed by atoms with Crippen molar-refractivity contribution in [1.82, 2.24) is 0 Å². The number of rotatable bonds is 14. The van der Waals surface area contributed by atoms with Crippen LogP contribution in [0.4, 0.5) is 0 Å². The summed E-state index contributed by atoms with van der Waals surface area (Å²) in [5.74, 6) is -0.196. The van der Waals surface area contributed by atoms with E-state index in [-0.39, 0.29) is 5.97 Å². The maximum absolute atomic E-state index is 11.6. The van der Waals surface area contributed by atoms with Crippen LogP contribution in [0.3, 0.4) is 0 Å². The highest BCUT2D eigenvalue weighted by atomic mass is 16.5. The van der Waals surface area contributed by atoms with Crippen molar-refractivity contribution in [2.75, 3.05) is 6.61 Å². The van der Waals surface area contributed by atoms with Crippen molar-refractivity contribution in [3.63, 3.8) is 0 Å². The molecule has 0 atom stereocenters. The van der Waals surface area contributed by atoms with Crippen LogP contribution in [0.5, 0.6) is 0 Å². The van der Waals surface area contributed by atoms with Gasteiger partial charge in [-0.2, -0.15) is 0 Å². The number of carbonyl (C=O) groups is 1. The van der Waals surface area contributed by atoms with Crippen LogP contribution >= 0.6 is 0 Å². The van der Waals surface area contributed by atoms with E-state index in [1.807, 2.05) is 0 Å². The Kier molecular flexibility index (Phi) is 14.0. The maximum Gasteiger partial charge on any atom is 0.333 e. The highest BCUT2D eigenvalue weighted by Gasteiger charge is 2.07. The normalized spacial score (nSPS) is 10.5. The predicted octanol–water partition coefficient (Wildman–Crippen LogP) is 5.81. The first-order chi connectivity index (χ1) is 9.72. The lowest BCUT2D eigenvalue weighted by atomic mass is 10.1. The molecule has 0 aromatic carbocycles. The molecule has 0 aliphatic heterocycles. The average molecular weight is 282 g/mol. The molecule has 0 N–H and O–H groups in total. The fraction of sp³-hybridized carbons (Fsp3) is 0.833. The zero-order chi connectivity index (χ0) is 15.1. The van der Waals surface area contributed by atoms with Gasteiger partial charge in [0.2, 0.25) is 0 Å². The van der Waals surface area contributed by atoms with E-state index in [0.29, 0.717) is 12.2 Å². The topological polar surface area (TPSA) is 26.3 Å². The van der Waals surface area contributed by atoms with E-state index in [1.165, 1.54) is 51.4 Å². The second-order valence-electron chi connectivity index (χ2n) is 5.67. The molecule has 20 heavy (non-hydrogen) atoms. The molecule has 0 spiro atoms. The Balaban J connectivity index is 3.27. The molecule has 0 aromatic heterocycles. The van der Waals surface area contributed by atoms with Crippen molar-refractivity contribution in [3.05, 3.63) is 12.2 Å². The molecule has 2 nitrogen and oxygen atoms in total. The summed E-state index contributed by atoms with van der Waals surface area (Å²) in [5, 5.41) is 0. The van der Waals surface area contributed by atoms with E-state index < -0.39 is 0 Å². The summed E-state index contributed by atoms with van der Waals surface area (Å²) in [6.07, 6.45) is 14.4. The number of unbranched alkanes of at least 4 members (excludes halogenated alkanes) is 9. The highest BCUT2D eigenvalue weighted by Crippen LogP contribution is 2.10. The van der Waals surface area contributed by atoms with Crippen molar-refractivity contribution in [2.45, 2.75) is 90.9 Å². The van der Waals surface area contributed by atoms with Gasteiger partial charge in [0.25, 0.3) is 0 Å². The fourth-order valence-electron chi connectivity index (χ4n) is 2.17. The summed E-state index contributed by atoms with van der Waals surface area (Å²) in [7, 11) is 0. The number of hydrogen-bond donors (Lipinski definition) is 0. The Morgan fingerprint density at radius 3 is 1.85 bits per heavy atom. The smallest absolute Gasteiger partial charge is 0.333 e. The molecule has 0 fully saturated rings. The third kappa shape index (κ3) is 12.3. The third-order valence-electron chi connectivity index (χ3n) is 3.60. The zero-order valence-electron chi connectivity index (χ0n) is 13.7. The minimum absolute atomic E-state index is 0.196. The summed E-state index contributed by atoms with van der Waals surface area (Å²) < 4.78 is 5.22. The lowest BCUT2D eigenvalue weighted by molar-refractivity contribution is -0.139. The molecule has 0 aliphatic rings. The quantitative estimate of drug-likeness (QED) is 0.228. The summed E-state index contributed by atoms with van der Waals surface area (Å²) in [4.78, 5) is 11.6. The van der Waals surface area contributed by atoms with Crippen molar-refractivity contribution in [3.8, 4) is 0 Å². The van der Waals surface area contributed by atoms with Gasteiger partial charge in [0.05, 0.1) is 6.61 Å². The van der Waals surface area contributed by atoms with Crippen LogP contribution in [-0.4, -0.2) is 12.6 Å². The molecular formula is C18H34O2. The summed E-state index contributed by atoms with van der Waals surface area (Å²) in [5.41, 5.74) is 0.628. The average Bonchev–Trinajstić information content (AvgIpc) is 2.46. The van der Waals surface area contributed by atoms with Crippen molar-refractivity contribution < 1.29 is 9.53 Å². The second kappa shape index (κ2) is 14.6. The first-order valence-corrected chi connectivity index (χ1v) is 8.57. The number of hydrogen-bond acceptors (Lipinski definition) is 2. The van der Waals surface area contributed by atoms with Crippen LogP contribution in [0, 0.1) is 0 Å². The summed E-state index contributed by atoms with van der Waals surface area (Å²) >= 11 is 0. The van der Waals surface area contributed by atoms with Gasteiger partial charge in [-0.15, -0.1) is 0 Å². The monoisotopic (exact) mass is 282 g/mol. The first-order valence-electron chi connectivity index (χ1n) is 8.57. The van der Waals surface area contributed by atoms with Crippen LogP contribution in [0.1, 0.15) is 90.9 Å². The predicted molar refractivity (Wildman–Crippen MR) is 86.9 cm³/mol. The lowest BCUT2D eigenvalue weighted by Gasteiger charge is -2.06. The van der Waals surface area contributed by atoms with Gasteiger partial charge < -0.3 is 4.74 Å². The van der Waals surface area contributed by atoms with Crippen molar-refractivity contribution in [2.24, 2.45) is 0 Å². The molecule has 2 heteroatoms. The van der Waals surface area contributed by atoms with Gasteiger partial charge in [0.15, 0.2) is 0 Å². The standard InChI is InChI=1S/C18H34O2/c1-4-6-8-9-10-11-12-13-14-16-20-18(19)17(3)15-7-5-2/h3-16H2,1-2H3. The number of ether oxygens (including phenoxy) is 1. The molecule has 0 bridgehead atoms. The van der Waals surface area contributed by atoms with Gasteiger partial charge in [-0.1, -0.05) is 78.2 Å². The molecule has 0 rings (SSSR count). The second-order valence-corrected chi connectivity index (χ2v) is 5.67. The fourth-order valence-corrected chi connectivity index (χ4v) is 2.17. The van der Waals surface area contributed by atoms with Gasteiger partial charge in [-0.3, -0.25) is 0 Å². The highest BCUT2D eigenvalue weighted by molar-refractivity contribution is 5.87. The lowest BCUT2D eigenvalue weighted by Crippen LogP contribution is -2.08. The van der Waals surface area contributed by atoms with Gasteiger partial charge in [0, 0.05) is 5.57 Å². The van der Waals surface area contributed by atoms with Crippen molar-refractivity contribution >= 4 is 5.97 Å². The van der Waals surface area contributed by atoms with Gasteiger partial charge in [-0.25, -0.2) is 4.79 Å². The van der Waals surface area contributed by atoms with E-state index in [2.05, 4.69) is 20.4 Å². The minimum atomic E-state index is -0.196. The first kappa shape index (κ1) is 19.2. The Labute approximate surface area is 126 Å². The molecule has 0 amide bonds. The third-order valence-corrected chi connectivity index (χ3v) is 3.60. The molecule has 0 radical (unpaired) electrons. The van der Waals surface area contributed by atoms with Crippen LogP contribution < -0.4 is 0 Å². The molecule has 0 saturated carbocycles. The Bertz CT molecular complexity index is 246. The summed E-state index contributed by atoms with van der Waals surface area (Å²) in [6.45, 7) is 8.70. The molecule has 0 aromatic rings. The minimum Gasteiger partial charge on any atom is -0.462 e. The van der Waals surface area contributed by atoms with Gasteiger partial charge in [-0.05, 0) is 19.3 Å². The Hall–Kier alpha value is -0.790. The van der Waals surface area contributed by atoms with E-state index in [4.69, 9.17) is 4.74 Å². The van der Waals surface area contributed by atoms with Crippen LogP contribution in [-0.2, 0) is 9.53 Å². The van der Waals surface area contributed by atoms with Gasteiger partial charge in [0.1, 0.15) is 0 Å². The molecule has 118 valence electrons. The molecule has 0 saturated heterocycles. The number of esters is 1. The SMILES string of the molecule is C=C(CCCC)C(=O)OCCCCCCCCCCC. The van der Waals surface area contributed by atoms with E-state index in [9.17, 15) is 4.79 Å². The Morgan fingerprint density at radius 1 is 0.800 bits per heavy atom. The maximum atomic E-state index is 11.6. The molecular weight excluding hydrogens is 248 g/mol. The van der Waals surface area contributed by atoms with Crippen LogP contribution in [0.15, 0.2) is 12.2 Å². The van der Waals surface area contributed by atoms with Crippen LogP contribution in [0.2, 0.25) is 0 Å². The van der Waals surface area contributed by atoms with E-state index >= 15 is 0 Å². The van der Waals surface area contributed by atoms with Crippen LogP contribution in [0.25, 0.3) is 0 Å². The molecule has 0 aliphatic carbocycles. The van der Waals surface area contributed by atoms with E-state index in [1.54, 1.807) is 0 Å².